The van der Waals surface area contributed by atoms with Gasteiger partial charge in [0, 0.05) is 0 Å². The number of hydrogen-bond donors (Lipinski definition) is 0. The Bertz CT molecular complexity index is 1080. The van der Waals surface area contributed by atoms with Gasteiger partial charge in [-0.1, -0.05) is 23.8 Å². The van der Waals surface area contributed by atoms with Crippen LogP contribution in [0.1, 0.15) is 16.8 Å². The number of benzene rings is 1. The molecule has 0 aliphatic rings. The average molecular weight is 373 g/mol. The first kappa shape index (κ1) is 16.8. The highest BCUT2D eigenvalue weighted by atomic mass is 32.1. The Morgan fingerprint density at radius 1 is 1.04 bits per heavy atom. The number of alkyl halides is 3. The third-order valence-electron chi connectivity index (χ3n) is 4.17. The molecule has 0 atom stereocenters. The van der Waals surface area contributed by atoms with E-state index in [1.54, 1.807) is 19.1 Å². The van der Waals surface area contributed by atoms with Crippen LogP contribution in [-0.4, -0.2) is 14.8 Å². The smallest absolute Gasteiger partial charge is 0.227 e. The normalized spacial score (nSPS) is 12.0. The molecule has 132 valence electrons. The van der Waals surface area contributed by atoms with Gasteiger partial charge in [-0.3, -0.25) is 0 Å². The minimum Gasteiger partial charge on any atom is -0.227 e. The van der Waals surface area contributed by atoms with Crippen molar-refractivity contribution in [2.75, 3.05) is 0 Å². The standard InChI is InChI=1S/C19H14F3N3S/c1-11-5-7-13(8-6-11)25-18-17(12(2)24-25)14(19(20,21)22)10-15(23-18)16-4-3-9-26-16/h3-10H,1-2H3. The summed E-state index contributed by atoms with van der Waals surface area (Å²) in [6, 6.07) is 12.1. The van der Waals surface area contributed by atoms with Crippen molar-refractivity contribution in [3.63, 3.8) is 0 Å². The number of halogens is 3. The van der Waals surface area contributed by atoms with Gasteiger partial charge in [0.15, 0.2) is 5.65 Å². The van der Waals surface area contributed by atoms with Gasteiger partial charge in [-0.15, -0.1) is 11.3 Å². The van der Waals surface area contributed by atoms with Crippen LogP contribution in [-0.2, 0) is 6.18 Å². The Labute approximate surface area is 151 Å². The Hall–Kier alpha value is -2.67. The van der Waals surface area contributed by atoms with Crippen LogP contribution >= 0.6 is 11.3 Å². The number of hydrogen-bond acceptors (Lipinski definition) is 3. The second kappa shape index (κ2) is 5.95. The van der Waals surface area contributed by atoms with Crippen molar-refractivity contribution in [3.8, 4) is 16.3 Å². The van der Waals surface area contributed by atoms with Crippen LogP contribution in [0.3, 0.4) is 0 Å². The summed E-state index contributed by atoms with van der Waals surface area (Å²) in [5, 5.41) is 6.20. The largest absolute Gasteiger partial charge is 0.417 e. The van der Waals surface area contributed by atoms with Crippen molar-refractivity contribution in [1.82, 2.24) is 14.8 Å². The molecule has 0 aliphatic carbocycles. The zero-order valence-corrected chi connectivity index (χ0v) is 14.8. The first-order chi connectivity index (χ1) is 12.3. The number of nitrogens with zero attached hydrogens (tertiary/aromatic N) is 3. The van der Waals surface area contributed by atoms with Gasteiger partial charge < -0.3 is 0 Å². The molecular weight excluding hydrogens is 359 g/mol. The summed E-state index contributed by atoms with van der Waals surface area (Å²) in [6.07, 6.45) is -4.49. The van der Waals surface area contributed by atoms with Gasteiger partial charge in [0.05, 0.1) is 32.9 Å². The number of pyridine rings is 1. The quantitative estimate of drug-likeness (QED) is 0.446. The van der Waals surface area contributed by atoms with Crippen molar-refractivity contribution in [3.05, 3.63) is 64.7 Å². The lowest BCUT2D eigenvalue weighted by atomic mass is 10.1. The summed E-state index contributed by atoms with van der Waals surface area (Å²) in [6.45, 7) is 3.53. The number of thiophene rings is 1. The summed E-state index contributed by atoms with van der Waals surface area (Å²) < 4.78 is 42.7. The van der Waals surface area contributed by atoms with Gasteiger partial charge in [0.1, 0.15) is 0 Å². The van der Waals surface area contributed by atoms with E-state index in [1.165, 1.54) is 16.0 Å². The van der Waals surface area contributed by atoms with Crippen molar-refractivity contribution in [2.45, 2.75) is 20.0 Å². The molecule has 26 heavy (non-hydrogen) atoms. The lowest BCUT2D eigenvalue weighted by molar-refractivity contribution is -0.136. The molecule has 7 heteroatoms. The van der Waals surface area contributed by atoms with E-state index in [-0.39, 0.29) is 11.0 Å². The molecule has 0 saturated heterocycles. The topological polar surface area (TPSA) is 30.7 Å². The van der Waals surface area contributed by atoms with E-state index in [0.717, 1.165) is 11.6 Å². The zero-order valence-electron chi connectivity index (χ0n) is 14.0. The minimum atomic E-state index is -4.49. The van der Waals surface area contributed by atoms with E-state index in [1.807, 2.05) is 36.6 Å². The van der Waals surface area contributed by atoms with Crippen molar-refractivity contribution in [1.29, 1.82) is 0 Å². The predicted molar refractivity (Wildman–Crippen MR) is 96.7 cm³/mol. The molecule has 0 fully saturated rings. The third kappa shape index (κ3) is 2.78. The first-order valence-electron chi connectivity index (χ1n) is 7.93. The van der Waals surface area contributed by atoms with Crippen LogP contribution in [0.15, 0.2) is 47.8 Å². The molecule has 3 heterocycles. The number of aryl methyl sites for hydroxylation is 2. The maximum absolute atomic E-state index is 13.7. The number of rotatable bonds is 2. The molecule has 0 radical (unpaired) electrons. The first-order valence-corrected chi connectivity index (χ1v) is 8.81. The molecule has 0 spiro atoms. The molecular formula is C19H14F3N3S. The monoisotopic (exact) mass is 373 g/mol. The molecule has 4 aromatic rings. The fraction of sp³-hybridized carbons (Fsp3) is 0.158. The highest BCUT2D eigenvalue weighted by Gasteiger charge is 2.35. The van der Waals surface area contributed by atoms with Crippen LogP contribution < -0.4 is 0 Å². The summed E-state index contributed by atoms with van der Waals surface area (Å²) in [5.41, 5.74) is 1.85. The predicted octanol–water partition coefficient (Wildman–Crippen LogP) is 5.78. The fourth-order valence-corrected chi connectivity index (χ4v) is 3.62. The maximum Gasteiger partial charge on any atom is 0.417 e. The van der Waals surface area contributed by atoms with E-state index in [4.69, 9.17) is 0 Å². The van der Waals surface area contributed by atoms with Crippen LogP contribution in [0, 0.1) is 13.8 Å². The van der Waals surface area contributed by atoms with Gasteiger partial charge in [0.2, 0.25) is 0 Å². The lowest BCUT2D eigenvalue weighted by Gasteiger charge is -2.11. The summed E-state index contributed by atoms with van der Waals surface area (Å²) in [5.74, 6) is 0. The van der Waals surface area contributed by atoms with Gasteiger partial charge in [-0.05, 0) is 43.5 Å². The van der Waals surface area contributed by atoms with Gasteiger partial charge >= 0.3 is 6.18 Å². The summed E-state index contributed by atoms with van der Waals surface area (Å²) in [7, 11) is 0. The number of fused-ring (bicyclic) bond motifs is 1. The van der Waals surface area contributed by atoms with Crippen LogP contribution in [0.2, 0.25) is 0 Å². The Balaban J connectivity index is 2.06. The Morgan fingerprint density at radius 3 is 2.38 bits per heavy atom. The van der Waals surface area contributed by atoms with E-state index in [9.17, 15) is 13.2 Å². The van der Waals surface area contributed by atoms with Crippen LogP contribution in [0.4, 0.5) is 13.2 Å². The molecule has 0 N–H and O–H groups in total. The molecule has 0 amide bonds. The summed E-state index contributed by atoms with van der Waals surface area (Å²) in [4.78, 5) is 5.21. The second-order valence-electron chi connectivity index (χ2n) is 6.06. The van der Waals surface area contributed by atoms with Crippen molar-refractivity contribution >= 4 is 22.4 Å². The molecule has 0 unspecified atom stereocenters. The average Bonchev–Trinajstić information content (AvgIpc) is 3.23. The van der Waals surface area contributed by atoms with Gasteiger partial charge in [-0.25, -0.2) is 9.67 Å². The number of aromatic nitrogens is 3. The molecule has 3 aromatic heterocycles. The fourth-order valence-electron chi connectivity index (χ4n) is 2.93. The van der Waals surface area contributed by atoms with E-state index < -0.39 is 11.7 Å². The highest BCUT2D eigenvalue weighted by Crippen LogP contribution is 2.39. The molecule has 0 aliphatic heterocycles. The van der Waals surface area contributed by atoms with Crippen molar-refractivity contribution in [2.24, 2.45) is 0 Å². The highest BCUT2D eigenvalue weighted by molar-refractivity contribution is 7.13. The van der Waals surface area contributed by atoms with Crippen LogP contribution in [0.25, 0.3) is 27.3 Å². The van der Waals surface area contributed by atoms with E-state index in [0.29, 0.717) is 22.0 Å². The maximum atomic E-state index is 13.7. The lowest BCUT2D eigenvalue weighted by Crippen LogP contribution is -2.07. The van der Waals surface area contributed by atoms with E-state index >= 15 is 0 Å². The Kier molecular flexibility index (Phi) is 3.84. The van der Waals surface area contributed by atoms with Gasteiger partial charge in [0.25, 0.3) is 0 Å². The molecule has 1 aromatic carbocycles. The van der Waals surface area contributed by atoms with Gasteiger partial charge in [-0.2, -0.15) is 18.3 Å². The zero-order chi connectivity index (χ0) is 18.5. The molecule has 0 saturated carbocycles. The molecule has 4 rings (SSSR count). The third-order valence-corrected chi connectivity index (χ3v) is 5.06. The van der Waals surface area contributed by atoms with Crippen molar-refractivity contribution < 1.29 is 13.2 Å². The van der Waals surface area contributed by atoms with E-state index in [2.05, 4.69) is 10.1 Å². The summed E-state index contributed by atoms with van der Waals surface area (Å²) >= 11 is 1.35. The SMILES string of the molecule is Cc1ccc(-n2nc(C)c3c(C(F)(F)F)cc(-c4cccs4)nc32)cc1. The minimum absolute atomic E-state index is 0.0402. The van der Waals surface area contributed by atoms with Crippen LogP contribution in [0.5, 0.6) is 0 Å². The molecule has 0 bridgehead atoms. The Morgan fingerprint density at radius 2 is 1.77 bits per heavy atom. The molecule has 3 nitrogen and oxygen atoms in total. The second-order valence-corrected chi connectivity index (χ2v) is 7.01.